The van der Waals surface area contributed by atoms with Gasteiger partial charge in [0.25, 0.3) is 0 Å². The number of fused-ring (bicyclic) bond motifs is 1. The maximum absolute atomic E-state index is 11.1. The Morgan fingerprint density at radius 3 is 3.00 bits per heavy atom. The average Bonchev–Trinajstić information content (AvgIpc) is 3.00. The van der Waals surface area contributed by atoms with Crippen LogP contribution in [0, 0.1) is 11.8 Å². The smallest absolute Gasteiger partial charge is 0.312 e. The molecule has 0 saturated heterocycles. The number of carbonyl (C=O) groups is 1. The Bertz CT molecular complexity index is 486. The maximum atomic E-state index is 11.1. The van der Waals surface area contributed by atoms with E-state index < -0.39 is 5.97 Å². The number of nitrogens with one attached hydrogen (secondary N) is 1. The first-order valence-corrected chi connectivity index (χ1v) is 7.91. The summed E-state index contributed by atoms with van der Waals surface area (Å²) in [4.78, 5) is 16.8. The summed E-state index contributed by atoms with van der Waals surface area (Å²) in [6, 6.07) is 0. The van der Waals surface area contributed by atoms with E-state index in [9.17, 15) is 4.79 Å². The summed E-state index contributed by atoms with van der Waals surface area (Å²) in [5.74, 6) is 0.488. The lowest BCUT2D eigenvalue weighted by Gasteiger charge is -2.10. The van der Waals surface area contributed by atoms with E-state index in [4.69, 9.17) is 5.11 Å². The number of anilines is 1. The van der Waals surface area contributed by atoms with Crippen LogP contribution in [-0.4, -0.2) is 22.6 Å². The number of aliphatic carboxylic acids is 1. The van der Waals surface area contributed by atoms with Gasteiger partial charge in [-0.2, -0.15) is 0 Å². The van der Waals surface area contributed by atoms with Crippen molar-refractivity contribution in [2.45, 2.75) is 44.9 Å². The van der Waals surface area contributed by atoms with E-state index in [-0.39, 0.29) is 5.92 Å². The van der Waals surface area contributed by atoms with Crippen LogP contribution >= 0.6 is 11.3 Å². The van der Waals surface area contributed by atoms with Gasteiger partial charge >= 0.3 is 5.97 Å². The van der Waals surface area contributed by atoms with Gasteiger partial charge in [-0.25, -0.2) is 4.98 Å². The van der Waals surface area contributed by atoms with Gasteiger partial charge in [-0.05, 0) is 37.5 Å². The molecule has 0 radical (unpaired) electrons. The standard InChI is InChI=1S/C14H20N2O2S/c1-8-2-3-9(6-8)7-15-14-16-12-10(13(17)18)4-5-11(12)19-14/h8-10H,2-7H2,1H3,(H,15,16)(H,17,18). The maximum Gasteiger partial charge on any atom is 0.312 e. The van der Waals surface area contributed by atoms with Crippen molar-refractivity contribution in [3.05, 3.63) is 10.6 Å². The number of hydrogen-bond donors (Lipinski definition) is 2. The molecule has 3 unspecified atom stereocenters. The lowest BCUT2D eigenvalue weighted by molar-refractivity contribution is -0.138. The molecule has 104 valence electrons. The molecule has 1 heterocycles. The van der Waals surface area contributed by atoms with Crippen LogP contribution in [0.3, 0.4) is 0 Å². The van der Waals surface area contributed by atoms with E-state index in [0.717, 1.165) is 40.5 Å². The Labute approximate surface area is 117 Å². The van der Waals surface area contributed by atoms with Gasteiger partial charge in [-0.15, -0.1) is 11.3 Å². The molecule has 19 heavy (non-hydrogen) atoms. The Balaban J connectivity index is 1.61. The van der Waals surface area contributed by atoms with Crippen LogP contribution in [0.5, 0.6) is 0 Å². The molecule has 0 aromatic carbocycles. The number of thiazole rings is 1. The van der Waals surface area contributed by atoms with E-state index in [1.54, 1.807) is 11.3 Å². The number of rotatable bonds is 4. The van der Waals surface area contributed by atoms with Crippen molar-refractivity contribution in [2.75, 3.05) is 11.9 Å². The molecule has 4 nitrogen and oxygen atoms in total. The van der Waals surface area contributed by atoms with Crippen molar-refractivity contribution in [3.8, 4) is 0 Å². The van der Waals surface area contributed by atoms with Gasteiger partial charge in [-0.1, -0.05) is 13.3 Å². The van der Waals surface area contributed by atoms with Crippen LogP contribution in [0.2, 0.25) is 0 Å². The fourth-order valence-electron chi connectivity index (χ4n) is 3.29. The summed E-state index contributed by atoms with van der Waals surface area (Å²) in [5, 5.41) is 13.5. The van der Waals surface area contributed by atoms with Crippen LogP contribution < -0.4 is 5.32 Å². The van der Waals surface area contributed by atoms with E-state index >= 15 is 0 Å². The predicted molar refractivity (Wildman–Crippen MR) is 75.8 cm³/mol. The molecule has 1 aromatic heterocycles. The Hall–Kier alpha value is -1.10. The normalized spacial score (nSPS) is 29.4. The van der Waals surface area contributed by atoms with Gasteiger partial charge < -0.3 is 10.4 Å². The van der Waals surface area contributed by atoms with Gasteiger partial charge in [0.1, 0.15) is 5.92 Å². The molecular weight excluding hydrogens is 260 g/mol. The number of aromatic nitrogens is 1. The Morgan fingerprint density at radius 2 is 2.32 bits per heavy atom. The highest BCUT2D eigenvalue weighted by atomic mass is 32.1. The zero-order valence-electron chi connectivity index (χ0n) is 11.2. The zero-order valence-corrected chi connectivity index (χ0v) is 12.0. The molecule has 3 rings (SSSR count). The number of aryl methyl sites for hydroxylation is 1. The second kappa shape index (κ2) is 5.12. The molecule has 1 saturated carbocycles. The molecule has 1 fully saturated rings. The SMILES string of the molecule is CC1CCC(CNc2nc3c(s2)CCC3C(=O)O)C1. The number of carboxylic acid groups (broad SMARTS) is 1. The van der Waals surface area contributed by atoms with E-state index in [1.807, 2.05) is 0 Å². The van der Waals surface area contributed by atoms with Crippen LogP contribution in [0.1, 0.15) is 49.1 Å². The molecule has 0 aliphatic heterocycles. The third kappa shape index (κ3) is 2.61. The third-order valence-corrected chi connectivity index (χ3v) is 5.45. The van der Waals surface area contributed by atoms with E-state index in [2.05, 4.69) is 17.2 Å². The van der Waals surface area contributed by atoms with Crippen molar-refractivity contribution in [3.63, 3.8) is 0 Å². The topological polar surface area (TPSA) is 62.2 Å². The molecule has 2 aliphatic carbocycles. The zero-order chi connectivity index (χ0) is 13.4. The van der Waals surface area contributed by atoms with Gasteiger partial charge in [0.15, 0.2) is 5.13 Å². The van der Waals surface area contributed by atoms with Crippen molar-refractivity contribution in [2.24, 2.45) is 11.8 Å². The fraction of sp³-hybridized carbons (Fsp3) is 0.714. The van der Waals surface area contributed by atoms with E-state index in [0.29, 0.717) is 6.42 Å². The highest BCUT2D eigenvalue weighted by Crippen LogP contribution is 2.38. The van der Waals surface area contributed by atoms with Crippen molar-refractivity contribution < 1.29 is 9.90 Å². The molecule has 2 N–H and O–H groups in total. The summed E-state index contributed by atoms with van der Waals surface area (Å²) < 4.78 is 0. The lowest BCUT2D eigenvalue weighted by Crippen LogP contribution is -2.12. The van der Waals surface area contributed by atoms with Crippen molar-refractivity contribution in [1.29, 1.82) is 0 Å². The lowest BCUT2D eigenvalue weighted by atomic mass is 10.1. The monoisotopic (exact) mass is 280 g/mol. The summed E-state index contributed by atoms with van der Waals surface area (Å²) in [7, 11) is 0. The first kappa shape index (κ1) is 12.9. The van der Waals surface area contributed by atoms with Crippen molar-refractivity contribution in [1.82, 2.24) is 4.98 Å². The number of carboxylic acids is 1. The number of nitrogens with zero attached hydrogens (tertiary/aromatic N) is 1. The summed E-state index contributed by atoms with van der Waals surface area (Å²) >= 11 is 1.64. The Kier molecular flexibility index (Phi) is 3.48. The molecular formula is C14H20N2O2S. The molecule has 0 spiro atoms. The van der Waals surface area contributed by atoms with Crippen LogP contribution in [0.15, 0.2) is 0 Å². The molecule has 1 aromatic rings. The van der Waals surface area contributed by atoms with Crippen LogP contribution in [0.25, 0.3) is 0 Å². The predicted octanol–water partition coefficient (Wildman–Crippen LogP) is 3.11. The third-order valence-electron chi connectivity index (χ3n) is 4.36. The van der Waals surface area contributed by atoms with Crippen molar-refractivity contribution >= 4 is 22.4 Å². The summed E-state index contributed by atoms with van der Waals surface area (Å²) in [6.45, 7) is 3.30. The minimum Gasteiger partial charge on any atom is -0.481 e. The molecule has 0 amide bonds. The molecule has 0 bridgehead atoms. The average molecular weight is 280 g/mol. The van der Waals surface area contributed by atoms with Gasteiger partial charge in [-0.3, -0.25) is 4.79 Å². The number of hydrogen-bond acceptors (Lipinski definition) is 4. The molecule has 3 atom stereocenters. The van der Waals surface area contributed by atoms with E-state index in [1.165, 1.54) is 19.3 Å². The molecule has 2 aliphatic rings. The minimum absolute atomic E-state index is 0.381. The second-order valence-electron chi connectivity index (χ2n) is 5.92. The van der Waals surface area contributed by atoms with Crippen LogP contribution in [-0.2, 0) is 11.2 Å². The fourth-order valence-corrected chi connectivity index (χ4v) is 4.33. The first-order valence-electron chi connectivity index (χ1n) is 7.09. The van der Waals surface area contributed by atoms with Crippen LogP contribution in [0.4, 0.5) is 5.13 Å². The van der Waals surface area contributed by atoms with Gasteiger partial charge in [0, 0.05) is 11.4 Å². The first-order chi connectivity index (χ1) is 9.13. The highest BCUT2D eigenvalue weighted by Gasteiger charge is 2.32. The largest absolute Gasteiger partial charge is 0.481 e. The highest BCUT2D eigenvalue weighted by molar-refractivity contribution is 7.15. The van der Waals surface area contributed by atoms with Gasteiger partial charge in [0.2, 0.25) is 0 Å². The minimum atomic E-state index is -0.736. The summed E-state index contributed by atoms with van der Waals surface area (Å²) in [5.41, 5.74) is 0.805. The Morgan fingerprint density at radius 1 is 1.47 bits per heavy atom. The second-order valence-corrected chi connectivity index (χ2v) is 7.01. The quantitative estimate of drug-likeness (QED) is 0.889. The summed E-state index contributed by atoms with van der Waals surface area (Å²) in [6.07, 6.45) is 5.52. The van der Waals surface area contributed by atoms with Gasteiger partial charge in [0.05, 0.1) is 5.69 Å². The molecule has 5 heteroatoms.